The second-order valence-corrected chi connectivity index (χ2v) is 5.84. The number of hydrogen-bond acceptors (Lipinski definition) is 4. The molecule has 114 valence electrons. The van der Waals surface area contributed by atoms with Crippen molar-refractivity contribution in [3.8, 4) is 11.3 Å². The van der Waals surface area contributed by atoms with Crippen molar-refractivity contribution in [2.24, 2.45) is 0 Å². The van der Waals surface area contributed by atoms with Crippen LogP contribution in [0.2, 0.25) is 5.02 Å². The molecule has 1 N–H and O–H groups in total. The third kappa shape index (κ3) is 4.56. The number of oxazole rings is 1. The zero-order valence-corrected chi connectivity index (χ0v) is 13.4. The van der Waals surface area contributed by atoms with E-state index in [1.54, 1.807) is 6.92 Å². The van der Waals surface area contributed by atoms with Crippen molar-refractivity contribution in [1.82, 2.24) is 9.88 Å². The number of benzene rings is 1. The molecule has 0 bridgehead atoms. The van der Waals surface area contributed by atoms with E-state index < -0.39 is 0 Å². The van der Waals surface area contributed by atoms with Crippen LogP contribution in [0.4, 0.5) is 0 Å². The monoisotopic (exact) mass is 308 g/mol. The first-order chi connectivity index (χ1) is 9.95. The second kappa shape index (κ2) is 7.07. The quantitative estimate of drug-likeness (QED) is 0.887. The molecule has 1 aromatic heterocycles. The highest BCUT2D eigenvalue weighted by atomic mass is 35.5. The average molecular weight is 309 g/mol. The third-order valence-electron chi connectivity index (χ3n) is 3.28. The maximum absolute atomic E-state index is 9.31. The molecule has 1 heterocycles. The van der Waals surface area contributed by atoms with Crippen molar-refractivity contribution >= 4 is 11.6 Å². The van der Waals surface area contributed by atoms with E-state index in [1.165, 1.54) is 0 Å². The van der Waals surface area contributed by atoms with Crippen LogP contribution < -0.4 is 0 Å². The first kappa shape index (κ1) is 16.0. The molecule has 5 heteroatoms. The normalized spacial score (nSPS) is 12.9. The van der Waals surface area contributed by atoms with Crippen LogP contribution >= 0.6 is 11.6 Å². The molecule has 0 spiro atoms. The van der Waals surface area contributed by atoms with Crippen LogP contribution in [0, 0.1) is 6.92 Å². The molecule has 2 rings (SSSR count). The number of rotatable bonds is 6. The Bertz CT molecular complexity index is 578. The number of nitrogens with zero attached hydrogens (tertiary/aromatic N) is 2. The number of aliphatic hydroxyl groups excluding tert-OH is 1. The van der Waals surface area contributed by atoms with Crippen molar-refractivity contribution in [1.29, 1.82) is 0 Å². The minimum Gasteiger partial charge on any atom is -0.439 e. The van der Waals surface area contributed by atoms with Gasteiger partial charge in [0.2, 0.25) is 5.89 Å². The molecule has 0 radical (unpaired) electrons. The lowest BCUT2D eigenvalue weighted by atomic mass is 10.1. The molecule has 0 amide bonds. The summed E-state index contributed by atoms with van der Waals surface area (Å²) in [6, 6.07) is 7.54. The van der Waals surface area contributed by atoms with Crippen LogP contribution in [0.3, 0.4) is 0 Å². The molecule has 0 aliphatic heterocycles. The number of aliphatic hydroxyl groups is 1. The largest absolute Gasteiger partial charge is 0.439 e. The van der Waals surface area contributed by atoms with Crippen LogP contribution in [0.5, 0.6) is 0 Å². The Morgan fingerprint density at radius 2 is 2.00 bits per heavy atom. The van der Waals surface area contributed by atoms with Gasteiger partial charge in [-0.05, 0) is 51.6 Å². The van der Waals surface area contributed by atoms with E-state index in [2.05, 4.69) is 9.88 Å². The molecule has 2 aromatic rings. The first-order valence-electron chi connectivity index (χ1n) is 7.04. The molecule has 1 aromatic carbocycles. The summed E-state index contributed by atoms with van der Waals surface area (Å²) in [5.74, 6) is 1.47. The zero-order chi connectivity index (χ0) is 15.4. The van der Waals surface area contributed by atoms with Crippen LogP contribution in [0.15, 0.2) is 28.7 Å². The Morgan fingerprint density at radius 3 is 2.62 bits per heavy atom. The van der Waals surface area contributed by atoms with Crippen molar-refractivity contribution in [3.63, 3.8) is 0 Å². The molecule has 4 nitrogen and oxygen atoms in total. The van der Waals surface area contributed by atoms with E-state index in [9.17, 15) is 5.11 Å². The molecule has 0 aliphatic rings. The van der Waals surface area contributed by atoms with Crippen LogP contribution in [0.1, 0.15) is 24.9 Å². The third-order valence-corrected chi connectivity index (χ3v) is 3.53. The Hall–Kier alpha value is -1.36. The number of hydrogen-bond donors (Lipinski definition) is 1. The van der Waals surface area contributed by atoms with E-state index >= 15 is 0 Å². The SMILES string of the molecule is Cc1nc(CN(C)CCC(C)O)oc1-c1ccc(Cl)cc1. The Kier molecular flexibility index (Phi) is 5.39. The summed E-state index contributed by atoms with van der Waals surface area (Å²) in [5, 5.41) is 10.0. The van der Waals surface area contributed by atoms with E-state index in [4.69, 9.17) is 16.0 Å². The fourth-order valence-corrected chi connectivity index (χ4v) is 2.23. The summed E-state index contributed by atoms with van der Waals surface area (Å²) in [4.78, 5) is 6.56. The fourth-order valence-electron chi connectivity index (χ4n) is 2.11. The van der Waals surface area contributed by atoms with Crippen LogP contribution in [0.25, 0.3) is 11.3 Å². The van der Waals surface area contributed by atoms with Gasteiger partial charge in [-0.25, -0.2) is 4.98 Å². The predicted octanol–water partition coefficient (Wildman–Crippen LogP) is 3.51. The summed E-state index contributed by atoms with van der Waals surface area (Å²) < 4.78 is 5.86. The second-order valence-electron chi connectivity index (χ2n) is 5.40. The Morgan fingerprint density at radius 1 is 1.33 bits per heavy atom. The number of halogens is 1. The molecule has 1 atom stereocenters. The lowest BCUT2D eigenvalue weighted by molar-refractivity contribution is 0.159. The predicted molar refractivity (Wildman–Crippen MR) is 84.3 cm³/mol. The minimum absolute atomic E-state index is 0.289. The van der Waals surface area contributed by atoms with Gasteiger partial charge in [0.1, 0.15) is 0 Å². The first-order valence-corrected chi connectivity index (χ1v) is 7.42. The Balaban J connectivity index is 2.07. The maximum Gasteiger partial charge on any atom is 0.209 e. The summed E-state index contributed by atoms with van der Waals surface area (Å²) in [7, 11) is 1.99. The lowest BCUT2D eigenvalue weighted by Crippen LogP contribution is -2.22. The smallest absolute Gasteiger partial charge is 0.209 e. The number of aryl methyl sites for hydroxylation is 1. The Labute approximate surface area is 130 Å². The van der Waals surface area contributed by atoms with E-state index in [-0.39, 0.29) is 6.10 Å². The topological polar surface area (TPSA) is 49.5 Å². The molecule has 0 saturated heterocycles. The molecule has 0 aliphatic carbocycles. The molecule has 1 unspecified atom stereocenters. The zero-order valence-electron chi connectivity index (χ0n) is 12.6. The molecular weight excluding hydrogens is 288 g/mol. The highest BCUT2D eigenvalue weighted by molar-refractivity contribution is 6.30. The van der Waals surface area contributed by atoms with E-state index in [1.807, 2.05) is 38.2 Å². The van der Waals surface area contributed by atoms with Crippen molar-refractivity contribution < 1.29 is 9.52 Å². The van der Waals surface area contributed by atoms with Crippen LogP contribution in [-0.4, -0.2) is 34.7 Å². The summed E-state index contributed by atoms with van der Waals surface area (Å²) >= 11 is 5.90. The lowest BCUT2D eigenvalue weighted by Gasteiger charge is -2.15. The van der Waals surface area contributed by atoms with E-state index in [0.29, 0.717) is 17.5 Å². The van der Waals surface area contributed by atoms with Gasteiger partial charge in [-0.2, -0.15) is 0 Å². The van der Waals surface area contributed by atoms with Gasteiger partial charge < -0.3 is 9.52 Å². The molecular formula is C16H21ClN2O2. The highest BCUT2D eigenvalue weighted by Gasteiger charge is 2.13. The molecule has 21 heavy (non-hydrogen) atoms. The van der Waals surface area contributed by atoms with Gasteiger partial charge in [0.05, 0.1) is 18.3 Å². The summed E-state index contributed by atoms with van der Waals surface area (Å²) in [6.07, 6.45) is 0.448. The average Bonchev–Trinajstić information content (AvgIpc) is 2.78. The van der Waals surface area contributed by atoms with Crippen LogP contribution in [-0.2, 0) is 6.54 Å². The molecule has 0 fully saturated rings. The van der Waals surface area contributed by atoms with Gasteiger partial charge in [-0.1, -0.05) is 11.6 Å². The van der Waals surface area contributed by atoms with Gasteiger partial charge in [-0.3, -0.25) is 4.90 Å². The van der Waals surface area contributed by atoms with Crippen molar-refractivity contribution in [3.05, 3.63) is 40.9 Å². The van der Waals surface area contributed by atoms with E-state index in [0.717, 1.165) is 30.0 Å². The number of aromatic nitrogens is 1. The maximum atomic E-state index is 9.31. The van der Waals surface area contributed by atoms with Crippen molar-refractivity contribution in [2.45, 2.75) is 32.9 Å². The van der Waals surface area contributed by atoms with Gasteiger partial charge in [0.15, 0.2) is 5.76 Å². The van der Waals surface area contributed by atoms with Gasteiger partial charge in [-0.15, -0.1) is 0 Å². The standard InChI is InChI=1S/C16H21ClN2O2/c1-11(20)8-9-19(3)10-15-18-12(2)16(21-15)13-4-6-14(17)7-5-13/h4-7,11,20H,8-10H2,1-3H3. The van der Waals surface area contributed by atoms with Gasteiger partial charge in [0, 0.05) is 17.1 Å². The molecule has 0 saturated carbocycles. The summed E-state index contributed by atoms with van der Waals surface area (Å²) in [5.41, 5.74) is 1.85. The van der Waals surface area contributed by atoms with Gasteiger partial charge >= 0.3 is 0 Å². The van der Waals surface area contributed by atoms with Crippen molar-refractivity contribution in [2.75, 3.05) is 13.6 Å². The van der Waals surface area contributed by atoms with Gasteiger partial charge in [0.25, 0.3) is 0 Å². The fraction of sp³-hybridized carbons (Fsp3) is 0.438. The minimum atomic E-state index is -0.289. The summed E-state index contributed by atoms with van der Waals surface area (Å²) in [6.45, 7) is 5.16. The highest BCUT2D eigenvalue weighted by Crippen LogP contribution is 2.26.